The Balaban J connectivity index is 2.66. The van der Waals surface area contributed by atoms with Crippen molar-refractivity contribution in [1.29, 1.82) is 0 Å². The van der Waals surface area contributed by atoms with Crippen molar-refractivity contribution in [1.82, 2.24) is 25.2 Å². The summed E-state index contributed by atoms with van der Waals surface area (Å²) in [4.78, 5) is 2.21. The highest BCUT2D eigenvalue weighted by atomic mass is 15.4. The molecule has 5 heteroatoms. The third-order valence-electron chi connectivity index (χ3n) is 3.20. The molecule has 0 amide bonds. The van der Waals surface area contributed by atoms with E-state index in [1.807, 2.05) is 7.05 Å². The lowest BCUT2D eigenvalue weighted by atomic mass is 10.1. The van der Waals surface area contributed by atoms with Gasteiger partial charge in [-0.1, -0.05) is 19.1 Å². The van der Waals surface area contributed by atoms with Crippen LogP contribution in [-0.4, -0.2) is 47.6 Å². The molecule has 0 spiro atoms. The van der Waals surface area contributed by atoms with Crippen molar-refractivity contribution < 1.29 is 0 Å². The lowest BCUT2D eigenvalue weighted by Crippen LogP contribution is -2.17. The second-order valence-corrected chi connectivity index (χ2v) is 5.83. The smallest absolute Gasteiger partial charge is 0.0996 e. The van der Waals surface area contributed by atoms with Crippen LogP contribution < -0.4 is 5.32 Å². The fourth-order valence-electron chi connectivity index (χ4n) is 2.09. The van der Waals surface area contributed by atoms with Gasteiger partial charge in [-0.3, -0.25) is 0 Å². The molecule has 1 rings (SSSR count). The second-order valence-electron chi connectivity index (χ2n) is 5.83. The Bertz CT molecular complexity index is 357. The molecule has 0 aliphatic carbocycles. The summed E-state index contributed by atoms with van der Waals surface area (Å²) in [6.45, 7) is 7.38. The minimum absolute atomic E-state index is 0.715. The van der Waals surface area contributed by atoms with E-state index in [1.165, 1.54) is 12.1 Å². The first-order chi connectivity index (χ1) is 9.04. The van der Waals surface area contributed by atoms with E-state index in [1.54, 1.807) is 0 Å². The number of nitrogens with zero attached hydrogens (tertiary/aromatic N) is 4. The van der Waals surface area contributed by atoms with Crippen LogP contribution in [0.5, 0.6) is 0 Å². The van der Waals surface area contributed by atoms with Crippen LogP contribution in [0.15, 0.2) is 0 Å². The Labute approximate surface area is 117 Å². The molecule has 1 heterocycles. The average Bonchev–Trinajstić information content (AvgIpc) is 2.69. The zero-order valence-electron chi connectivity index (χ0n) is 13.1. The lowest BCUT2D eigenvalue weighted by Gasteiger charge is -2.12. The van der Waals surface area contributed by atoms with Gasteiger partial charge in [-0.15, -0.1) is 5.10 Å². The van der Waals surface area contributed by atoms with Gasteiger partial charge in [0.2, 0.25) is 0 Å². The zero-order chi connectivity index (χ0) is 14.3. The Kier molecular flexibility index (Phi) is 7.02. The molecule has 19 heavy (non-hydrogen) atoms. The maximum Gasteiger partial charge on any atom is 0.0996 e. The number of aromatic nitrogens is 3. The summed E-state index contributed by atoms with van der Waals surface area (Å²) in [6, 6.07) is 0. The minimum atomic E-state index is 0.715. The van der Waals surface area contributed by atoms with Crippen molar-refractivity contribution >= 4 is 0 Å². The predicted octanol–water partition coefficient (Wildman–Crippen LogP) is 1.54. The second kappa shape index (κ2) is 8.27. The Morgan fingerprint density at radius 1 is 1.32 bits per heavy atom. The largest absolute Gasteiger partial charge is 0.314 e. The fraction of sp³-hybridized carbons (Fsp3) is 0.857. The number of aryl methyl sites for hydroxylation is 1. The lowest BCUT2D eigenvalue weighted by molar-refractivity contribution is 0.375. The number of rotatable bonds is 9. The summed E-state index contributed by atoms with van der Waals surface area (Å²) < 4.78 is 2.10. The van der Waals surface area contributed by atoms with Crippen molar-refractivity contribution in [2.45, 2.75) is 46.2 Å². The van der Waals surface area contributed by atoms with E-state index in [2.05, 4.69) is 53.2 Å². The fourth-order valence-corrected chi connectivity index (χ4v) is 2.09. The number of nitrogens with one attached hydrogen (secondary N) is 1. The van der Waals surface area contributed by atoms with Gasteiger partial charge in [0.05, 0.1) is 11.4 Å². The molecule has 0 aliphatic rings. The van der Waals surface area contributed by atoms with Gasteiger partial charge in [0.25, 0.3) is 0 Å². The molecule has 1 aromatic heterocycles. The summed E-state index contributed by atoms with van der Waals surface area (Å²) in [5.41, 5.74) is 2.41. The predicted molar refractivity (Wildman–Crippen MR) is 79.1 cm³/mol. The van der Waals surface area contributed by atoms with Crippen molar-refractivity contribution in [3.05, 3.63) is 11.4 Å². The SMILES string of the molecule is CNCc1nnn(CCCN(C)C)c1CCC(C)C. The van der Waals surface area contributed by atoms with E-state index >= 15 is 0 Å². The maximum absolute atomic E-state index is 4.32. The highest BCUT2D eigenvalue weighted by molar-refractivity contribution is 5.10. The number of hydrogen-bond donors (Lipinski definition) is 1. The molecule has 0 saturated heterocycles. The first-order valence-corrected chi connectivity index (χ1v) is 7.25. The summed E-state index contributed by atoms with van der Waals surface area (Å²) >= 11 is 0. The maximum atomic E-state index is 4.32. The normalized spacial score (nSPS) is 11.7. The molecule has 1 N–H and O–H groups in total. The van der Waals surface area contributed by atoms with Crippen molar-refractivity contribution in [2.24, 2.45) is 5.92 Å². The molecule has 110 valence electrons. The van der Waals surface area contributed by atoms with Crippen molar-refractivity contribution in [2.75, 3.05) is 27.7 Å². The number of hydrogen-bond acceptors (Lipinski definition) is 4. The van der Waals surface area contributed by atoms with Gasteiger partial charge in [-0.05, 0) is 52.9 Å². The van der Waals surface area contributed by atoms with E-state index in [-0.39, 0.29) is 0 Å². The minimum Gasteiger partial charge on any atom is -0.314 e. The van der Waals surface area contributed by atoms with E-state index in [0.717, 1.165) is 38.2 Å². The van der Waals surface area contributed by atoms with Gasteiger partial charge in [0.15, 0.2) is 0 Å². The zero-order valence-corrected chi connectivity index (χ0v) is 13.1. The van der Waals surface area contributed by atoms with Crippen LogP contribution in [0.1, 0.15) is 38.1 Å². The van der Waals surface area contributed by atoms with Gasteiger partial charge in [-0.25, -0.2) is 4.68 Å². The van der Waals surface area contributed by atoms with Crippen LogP contribution in [-0.2, 0) is 19.5 Å². The van der Waals surface area contributed by atoms with E-state index < -0.39 is 0 Å². The summed E-state index contributed by atoms with van der Waals surface area (Å²) in [5.74, 6) is 0.715. The molecule has 0 aliphatic heterocycles. The Morgan fingerprint density at radius 2 is 2.05 bits per heavy atom. The molecule has 0 aromatic carbocycles. The summed E-state index contributed by atoms with van der Waals surface area (Å²) in [7, 11) is 6.16. The Hall–Kier alpha value is -0.940. The van der Waals surface area contributed by atoms with Crippen LogP contribution in [0.4, 0.5) is 0 Å². The molecule has 1 aromatic rings. The topological polar surface area (TPSA) is 46.0 Å². The van der Waals surface area contributed by atoms with Crippen molar-refractivity contribution in [3.63, 3.8) is 0 Å². The molecular weight excluding hydrogens is 238 g/mol. The van der Waals surface area contributed by atoms with Crippen LogP contribution in [0.3, 0.4) is 0 Å². The van der Waals surface area contributed by atoms with Gasteiger partial charge in [-0.2, -0.15) is 0 Å². The van der Waals surface area contributed by atoms with Crippen LogP contribution >= 0.6 is 0 Å². The summed E-state index contributed by atoms with van der Waals surface area (Å²) in [6.07, 6.45) is 3.38. The van der Waals surface area contributed by atoms with E-state index in [0.29, 0.717) is 5.92 Å². The van der Waals surface area contributed by atoms with Gasteiger partial charge in [0, 0.05) is 13.1 Å². The molecule has 5 nitrogen and oxygen atoms in total. The van der Waals surface area contributed by atoms with Crippen LogP contribution in [0, 0.1) is 5.92 Å². The van der Waals surface area contributed by atoms with E-state index in [4.69, 9.17) is 0 Å². The van der Waals surface area contributed by atoms with Crippen molar-refractivity contribution in [3.8, 4) is 0 Å². The average molecular weight is 267 g/mol. The third kappa shape index (κ3) is 5.70. The van der Waals surface area contributed by atoms with Gasteiger partial charge < -0.3 is 10.2 Å². The quantitative estimate of drug-likeness (QED) is 0.737. The molecule has 0 unspecified atom stereocenters. The molecule has 0 atom stereocenters. The third-order valence-corrected chi connectivity index (χ3v) is 3.20. The first-order valence-electron chi connectivity index (χ1n) is 7.25. The molecular formula is C14H29N5. The van der Waals surface area contributed by atoms with Gasteiger partial charge in [0.1, 0.15) is 0 Å². The Morgan fingerprint density at radius 3 is 2.63 bits per heavy atom. The van der Waals surface area contributed by atoms with E-state index in [9.17, 15) is 0 Å². The first kappa shape index (κ1) is 16.1. The summed E-state index contributed by atoms with van der Waals surface area (Å²) in [5, 5.41) is 11.8. The molecule has 0 radical (unpaired) electrons. The monoisotopic (exact) mass is 267 g/mol. The highest BCUT2D eigenvalue weighted by Gasteiger charge is 2.12. The van der Waals surface area contributed by atoms with Gasteiger partial charge >= 0.3 is 0 Å². The molecule has 0 fully saturated rings. The van der Waals surface area contributed by atoms with Crippen LogP contribution in [0.25, 0.3) is 0 Å². The molecule has 0 saturated carbocycles. The molecule has 0 bridgehead atoms. The van der Waals surface area contributed by atoms with Crippen LogP contribution in [0.2, 0.25) is 0 Å². The standard InChI is InChI=1S/C14H29N5/c1-12(2)7-8-14-13(11-15-3)16-17-19(14)10-6-9-18(4)5/h12,15H,6-11H2,1-5H3. The highest BCUT2D eigenvalue weighted by Crippen LogP contribution is 2.13.